The van der Waals surface area contributed by atoms with Gasteiger partial charge >= 0.3 is 0 Å². The molecule has 0 N–H and O–H groups in total. The third kappa shape index (κ3) is 3.15. The highest BCUT2D eigenvalue weighted by molar-refractivity contribution is 5.82. The normalized spacial score (nSPS) is 17.9. The SMILES string of the molecule is Cc1cc(C(C)C)c2oc(N3CCC(C)(C)CC3)cc(=O)c2c1. The number of aryl methyl sites for hydroxylation is 1. The Hall–Kier alpha value is -1.77. The Bertz CT molecular complexity index is 776. The van der Waals surface area contributed by atoms with E-state index in [-0.39, 0.29) is 5.43 Å². The Balaban J connectivity index is 2.09. The largest absolute Gasteiger partial charge is 0.440 e. The van der Waals surface area contributed by atoms with Crippen molar-refractivity contribution >= 4 is 16.9 Å². The van der Waals surface area contributed by atoms with Gasteiger partial charge in [0.05, 0.1) is 5.39 Å². The van der Waals surface area contributed by atoms with Crippen molar-refractivity contribution in [1.29, 1.82) is 0 Å². The van der Waals surface area contributed by atoms with E-state index in [0.29, 0.717) is 16.7 Å². The second kappa shape index (κ2) is 5.70. The van der Waals surface area contributed by atoms with Gasteiger partial charge in [0.2, 0.25) is 0 Å². The van der Waals surface area contributed by atoms with Crippen LogP contribution in [0.2, 0.25) is 0 Å². The second-order valence-electron chi connectivity index (χ2n) is 7.99. The lowest BCUT2D eigenvalue weighted by molar-refractivity contribution is 0.274. The molecule has 3 heteroatoms. The molecular weight excluding hydrogens is 286 g/mol. The minimum absolute atomic E-state index is 0.0664. The molecule has 1 aliphatic heterocycles. The van der Waals surface area contributed by atoms with E-state index in [1.807, 2.05) is 13.0 Å². The zero-order chi connectivity index (χ0) is 16.8. The topological polar surface area (TPSA) is 33.5 Å². The van der Waals surface area contributed by atoms with Gasteiger partial charge in [-0.3, -0.25) is 4.79 Å². The van der Waals surface area contributed by atoms with Crippen LogP contribution in [0.1, 0.15) is 57.6 Å². The first kappa shape index (κ1) is 16.1. The second-order valence-corrected chi connectivity index (χ2v) is 7.99. The highest BCUT2D eigenvalue weighted by atomic mass is 16.4. The van der Waals surface area contributed by atoms with Gasteiger partial charge in [-0.1, -0.05) is 33.8 Å². The third-order valence-corrected chi connectivity index (χ3v) is 5.04. The Kier molecular flexibility index (Phi) is 3.99. The van der Waals surface area contributed by atoms with Crippen LogP contribution in [0.25, 0.3) is 11.0 Å². The summed E-state index contributed by atoms with van der Waals surface area (Å²) < 4.78 is 6.22. The number of nitrogens with zero attached hydrogens (tertiary/aromatic N) is 1. The molecule has 3 nitrogen and oxygen atoms in total. The van der Waals surface area contributed by atoms with Crippen LogP contribution in [0.15, 0.2) is 27.4 Å². The molecule has 0 aliphatic carbocycles. The maximum Gasteiger partial charge on any atom is 0.199 e. The zero-order valence-corrected chi connectivity index (χ0v) is 14.9. The van der Waals surface area contributed by atoms with Gasteiger partial charge < -0.3 is 9.32 Å². The van der Waals surface area contributed by atoms with Gasteiger partial charge in [-0.05, 0) is 48.3 Å². The van der Waals surface area contributed by atoms with E-state index >= 15 is 0 Å². The molecule has 0 atom stereocenters. The fraction of sp³-hybridized carbons (Fsp3) is 0.550. The summed E-state index contributed by atoms with van der Waals surface area (Å²) in [4.78, 5) is 14.8. The molecule has 0 saturated carbocycles. The van der Waals surface area contributed by atoms with E-state index in [2.05, 4.69) is 38.7 Å². The molecule has 1 aliphatic rings. The number of hydrogen-bond donors (Lipinski definition) is 0. The van der Waals surface area contributed by atoms with Crippen molar-refractivity contribution < 1.29 is 4.42 Å². The summed E-state index contributed by atoms with van der Waals surface area (Å²) in [7, 11) is 0. The van der Waals surface area contributed by atoms with Crippen molar-refractivity contribution in [2.45, 2.75) is 53.4 Å². The van der Waals surface area contributed by atoms with E-state index in [0.717, 1.165) is 48.5 Å². The molecule has 0 bridgehead atoms. The number of benzene rings is 1. The maximum atomic E-state index is 12.6. The van der Waals surface area contributed by atoms with Gasteiger partial charge in [0, 0.05) is 19.2 Å². The van der Waals surface area contributed by atoms with Crippen LogP contribution in [-0.4, -0.2) is 13.1 Å². The van der Waals surface area contributed by atoms with Gasteiger partial charge in [0.1, 0.15) is 5.58 Å². The lowest BCUT2D eigenvalue weighted by Crippen LogP contribution is -2.37. The number of anilines is 1. The Morgan fingerprint density at radius 1 is 1.13 bits per heavy atom. The van der Waals surface area contributed by atoms with E-state index in [9.17, 15) is 4.79 Å². The smallest absolute Gasteiger partial charge is 0.199 e. The first-order valence-corrected chi connectivity index (χ1v) is 8.60. The fourth-order valence-corrected chi connectivity index (χ4v) is 3.34. The minimum Gasteiger partial charge on any atom is -0.440 e. The van der Waals surface area contributed by atoms with Crippen molar-refractivity contribution in [3.05, 3.63) is 39.5 Å². The molecule has 0 spiro atoms. The summed E-state index contributed by atoms with van der Waals surface area (Å²) in [6.45, 7) is 12.8. The number of piperidine rings is 1. The van der Waals surface area contributed by atoms with Gasteiger partial charge in [-0.25, -0.2) is 0 Å². The van der Waals surface area contributed by atoms with Gasteiger partial charge in [0.25, 0.3) is 0 Å². The Morgan fingerprint density at radius 3 is 2.39 bits per heavy atom. The summed E-state index contributed by atoms with van der Waals surface area (Å²) in [6.07, 6.45) is 2.25. The summed E-state index contributed by atoms with van der Waals surface area (Å²) in [5.41, 5.74) is 3.44. The third-order valence-electron chi connectivity index (χ3n) is 5.04. The molecule has 2 heterocycles. The molecule has 1 saturated heterocycles. The lowest BCUT2D eigenvalue weighted by atomic mass is 9.83. The average Bonchev–Trinajstić information content (AvgIpc) is 2.47. The molecule has 1 fully saturated rings. The Morgan fingerprint density at radius 2 is 1.78 bits per heavy atom. The molecule has 2 aromatic rings. The minimum atomic E-state index is 0.0664. The standard InChI is InChI=1S/C20H27NO2/c1-13(2)15-10-14(3)11-16-17(22)12-18(23-19(15)16)21-8-6-20(4,5)7-9-21/h10-13H,6-9H2,1-5H3. The monoisotopic (exact) mass is 313 g/mol. The predicted octanol–water partition coefficient (Wildman–Crippen LogP) is 4.85. The molecular formula is C20H27NO2. The first-order chi connectivity index (χ1) is 10.8. The zero-order valence-electron chi connectivity index (χ0n) is 14.9. The first-order valence-electron chi connectivity index (χ1n) is 8.60. The quantitative estimate of drug-likeness (QED) is 0.794. The highest BCUT2D eigenvalue weighted by Gasteiger charge is 2.27. The van der Waals surface area contributed by atoms with E-state index in [1.54, 1.807) is 6.07 Å². The highest BCUT2D eigenvalue weighted by Crippen LogP contribution is 2.34. The maximum absolute atomic E-state index is 12.6. The van der Waals surface area contributed by atoms with Crippen LogP contribution >= 0.6 is 0 Å². The van der Waals surface area contributed by atoms with Crippen LogP contribution in [0.5, 0.6) is 0 Å². The van der Waals surface area contributed by atoms with Gasteiger partial charge in [0.15, 0.2) is 11.3 Å². The summed E-state index contributed by atoms with van der Waals surface area (Å²) >= 11 is 0. The van der Waals surface area contributed by atoms with Crippen molar-refractivity contribution in [3.8, 4) is 0 Å². The molecule has 0 amide bonds. The molecule has 1 aromatic heterocycles. The molecule has 3 rings (SSSR count). The summed E-state index contributed by atoms with van der Waals surface area (Å²) in [6, 6.07) is 5.75. The van der Waals surface area contributed by atoms with Crippen molar-refractivity contribution in [2.75, 3.05) is 18.0 Å². The fourth-order valence-electron chi connectivity index (χ4n) is 3.34. The van der Waals surface area contributed by atoms with Crippen LogP contribution in [-0.2, 0) is 0 Å². The molecule has 23 heavy (non-hydrogen) atoms. The Labute approximate surface area is 138 Å². The number of rotatable bonds is 2. The molecule has 0 radical (unpaired) electrons. The van der Waals surface area contributed by atoms with Crippen molar-refractivity contribution in [1.82, 2.24) is 0 Å². The molecule has 0 unspecified atom stereocenters. The van der Waals surface area contributed by atoms with Crippen molar-refractivity contribution in [3.63, 3.8) is 0 Å². The van der Waals surface area contributed by atoms with Crippen LogP contribution in [0.3, 0.4) is 0 Å². The van der Waals surface area contributed by atoms with Crippen LogP contribution in [0, 0.1) is 12.3 Å². The van der Waals surface area contributed by atoms with E-state index in [1.165, 1.54) is 0 Å². The van der Waals surface area contributed by atoms with Crippen molar-refractivity contribution in [2.24, 2.45) is 5.41 Å². The average molecular weight is 313 g/mol. The van der Waals surface area contributed by atoms with Crippen LogP contribution < -0.4 is 10.3 Å². The molecule has 1 aromatic carbocycles. The van der Waals surface area contributed by atoms with Crippen LogP contribution in [0.4, 0.5) is 5.88 Å². The predicted molar refractivity (Wildman–Crippen MR) is 96.5 cm³/mol. The number of hydrogen-bond acceptors (Lipinski definition) is 3. The number of fused-ring (bicyclic) bond motifs is 1. The lowest BCUT2D eigenvalue weighted by Gasteiger charge is -2.37. The van der Waals surface area contributed by atoms with Gasteiger partial charge in [-0.15, -0.1) is 0 Å². The van der Waals surface area contributed by atoms with E-state index < -0.39 is 0 Å². The van der Waals surface area contributed by atoms with E-state index in [4.69, 9.17) is 4.42 Å². The summed E-state index contributed by atoms with van der Waals surface area (Å²) in [5, 5.41) is 0.704. The molecule has 124 valence electrons. The summed E-state index contributed by atoms with van der Waals surface area (Å²) in [5.74, 6) is 1.06. The van der Waals surface area contributed by atoms with Gasteiger partial charge in [-0.2, -0.15) is 0 Å².